The Labute approximate surface area is 102 Å². The van der Waals surface area contributed by atoms with Crippen LogP contribution in [0, 0.1) is 5.82 Å². The van der Waals surface area contributed by atoms with Crippen molar-refractivity contribution >= 4 is 17.6 Å². The summed E-state index contributed by atoms with van der Waals surface area (Å²) >= 11 is 0. The number of anilines is 1. The van der Waals surface area contributed by atoms with E-state index in [1.165, 1.54) is 19.2 Å². The Balaban J connectivity index is 2.84. The van der Waals surface area contributed by atoms with Crippen LogP contribution in [0.4, 0.5) is 10.1 Å². The molecule has 0 aliphatic heterocycles. The normalized spacial score (nSPS) is 11.7. The van der Waals surface area contributed by atoms with E-state index < -0.39 is 30.2 Å². The molecule has 0 bridgehead atoms. The molecule has 3 N–H and O–H groups in total. The van der Waals surface area contributed by atoms with Crippen molar-refractivity contribution in [3.8, 4) is 5.75 Å². The van der Waals surface area contributed by atoms with Crippen molar-refractivity contribution < 1.29 is 28.9 Å². The van der Waals surface area contributed by atoms with Crippen LogP contribution in [0.5, 0.6) is 5.75 Å². The molecule has 7 heteroatoms. The Morgan fingerprint density at radius 2 is 2.11 bits per heavy atom. The highest BCUT2D eigenvalue weighted by Gasteiger charge is 2.21. The zero-order valence-electron chi connectivity index (χ0n) is 9.51. The molecule has 0 aromatic heterocycles. The minimum atomic E-state index is -1.33. The molecule has 0 aliphatic carbocycles. The van der Waals surface area contributed by atoms with Crippen LogP contribution in [0.25, 0.3) is 0 Å². The van der Waals surface area contributed by atoms with Gasteiger partial charge in [-0.15, -0.1) is 0 Å². The Hall–Kier alpha value is -2.31. The molecule has 18 heavy (non-hydrogen) atoms. The smallest absolute Gasteiger partial charge is 0.326 e. The van der Waals surface area contributed by atoms with Crippen molar-refractivity contribution in [1.82, 2.24) is 0 Å². The molecule has 1 atom stereocenters. The molecular formula is C11H12FNO5. The molecule has 1 rings (SSSR count). The number of halogens is 1. The van der Waals surface area contributed by atoms with E-state index in [2.05, 4.69) is 5.32 Å². The Morgan fingerprint density at radius 1 is 1.44 bits per heavy atom. The third kappa shape index (κ3) is 3.62. The highest BCUT2D eigenvalue weighted by molar-refractivity contribution is 5.83. The van der Waals surface area contributed by atoms with Gasteiger partial charge < -0.3 is 20.3 Å². The molecule has 6 nitrogen and oxygen atoms in total. The summed E-state index contributed by atoms with van der Waals surface area (Å²) in [5.41, 5.74) is 0.168. The van der Waals surface area contributed by atoms with Gasteiger partial charge in [-0.1, -0.05) is 0 Å². The maximum atomic E-state index is 13.3. The third-order valence-electron chi connectivity index (χ3n) is 2.17. The molecule has 0 aliphatic rings. The van der Waals surface area contributed by atoms with E-state index in [1.807, 2.05) is 0 Å². The van der Waals surface area contributed by atoms with Gasteiger partial charge in [0.05, 0.1) is 13.5 Å². The number of carboxylic acids is 2. The molecular weight excluding hydrogens is 245 g/mol. The molecule has 98 valence electrons. The molecule has 0 radical (unpaired) electrons. The second-order valence-electron chi connectivity index (χ2n) is 3.48. The number of aliphatic carboxylic acids is 2. The maximum absolute atomic E-state index is 13.3. The summed E-state index contributed by atoms with van der Waals surface area (Å²) in [5, 5.41) is 19.8. The first-order valence-corrected chi connectivity index (χ1v) is 4.98. The largest absolute Gasteiger partial charge is 0.494 e. The molecule has 0 amide bonds. The quantitative estimate of drug-likeness (QED) is 0.708. The van der Waals surface area contributed by atoms with Crippen molar-refractivity contribution in [3.63, 3.8) is 0 Å². The average Bonchev–Trinajstić information content (AvgIpc) is 2.27. The van der Waals surface area contributed by atoms with Crippen molar-refractivity contribution in [3.05, 3.63) is 24.0 Å². The van der Waals surface area contributed by atoms with Crippen LogP contribution < -0.4 is 10.1 Å². The number of rotatable bonds is 6. The Morgan fingerprint density at radius 3 is 2.56 bits per heavy atom. The van der Waals surface area contributed by atoms with Gasteiger partial charge >= 0.3 is 11.9 Å². The lowest BCUT2D eigenvalue weighted by molar-refractivity contribution is -0.144. The minimum absolute atomic E-state index is 0.0191. The van der Waals surface area contributed by atoms with Gasteiger partial charge in [-0.3, -0.25) is 4.79 Å². The average molecular weight is 257 g/mol. The maximum Gasteiger partial charge on any atom is 0.326 e. The monoisotopic (exact) mass is 257 g/mol. The highest BCUT2D eigenvalue weighted by atomic mass is 19.1. The van der Waals surface area contributed by atoms with Crippen LogP contribution in [0.3, 0.4) is 0 Å². The fourth-order valence-electron chi connectivity index (χ4n) is 1.33. The van der Waals surface area contributed by atoms with Crippen LogP contribution in [0.1, 0.15) is 6.42 Å². The number of carboxylic acid groups (broad SMARTS) is 2. The fourth-order valence-corrected chi connectivity index (χ4v) is 1.33. The lowest BCUT2D eigenvalue weighted by Crippen LogP contribution is -2.31. The molecule has 1 unspecified atom stereocenters. The van der Waals surface area contributed by atoms with E-state index >= 15 is 0 Å². The van der Waals surface area contributed by atoms with E-state index in [-0.39, 0.29) is 11.4 Å². The van der Waals surface area contributed by atoms with Gasteiger partial charge in [-0.2, -0.15) is 0 Å². The molecule has 0 saturated carbocycles. The first kappa shape index (κ1) is 13.8. The number of hydrogen-bond acceptors (Lipinski definition) is 4. The van der Waals surface area contributed by atoms with Crippen LogP contribution in [-0.2, 0) is 9.59 Å². The fraction of sp³-hybridized carbons (Fsp3) is 0.273. The first-order chi connectivity index (χ1) is 8.43. The van der Waals surface area contributed by atoms with Crippen LogP contribution in [0.15, 0.2) is 18.2 Å². The zero-order chi connectivity index (χ0) is 13.7. The van der Waals surface area contributed by atoms with Crippen LogP contribution in [-0.4, -0.2) is 35.3 Å². The van der Waals surface area contributed by atoms with Crippen LogP contribution in [0.2, 0.25) is 0 Å². The molecule has 1 aromatic carbocycles. The number of benzene rings is 1. The molecule has 0 heterocycles. The molecule has 1 aromatic rings. The standard InChI is InChI=1S/C11H12FNO5/c1-18-9-3-2-6(4-7(9)12)13-8(11(16)17)5-10(14)15/h2-4,8,13H,5H2,1H3,(H,14,15)(H,16,17). The van der Waals surface area contributed by atoms with Gasteiger partial charge in [0.2, 0.25) is 0 Å². The van der Waals surface area contributed by atoms with E-state index in [0.29, 0.717) is 0 Å². The lowest BCUT2D eigenvalue weighted by Gasteiger charge is -2.14. The molecule has 0 saturated heterocycles. The Bertz CT molecular complexity index is 463. The lowest BCUT2D eigenvalue weighted by atomic mass is 10.2. The number of ether oxygens (including phenoxy) is 1. The summed E-state index contributed by atoms with van der Waals surface area (Å²) < 4.78 is 18.0. The number of methoxy groups -OCH3 is 1. The second-order valence-corrected chi connectivity index (χ2v) is 3.48. The number of hydrogen-bond donors (Lipinski definition) is 3. The Kier molecular flexibility index (Phi) is 4.47. The zero-order valence-corrected chi connectivity index (χ0v) is 9.51. The van der Waals surface area contributed by atoms with Gasteiger partial charge in [-0.05, 0) is 12.1 Å². The minimum Gasteiger partial charge on any atom is -0.494 e. The number of nitrogens with one attached hydrogen (secondary N) is 1. The number of carbonyl (C=O) groups is 2. The first-order valence-electron chi connectivity index (χ1n) is 4.98. The summed E-state index contributed by atoms with van der Waals surface area (Å²) in [6, 6.07) is 2.43. The highest BCUT2D eigenvalue weighted by Crippen LogP contribution is 2.21. The predicted molar refractivity (Wildman–Crippen MR) is 60.3 cm³/mol. The van der Waals surface area contributed by atoms with E-state index in [4.69, 9.17) is 14.9 Å². The van der Waals surface area contributed by atoms with Gasteiger partial charge in [-0.25, -0.2) is 9.18 Å². The van der Waals surface area contributed by atoms with Crippen molar-refractivity contribution in [1.29, 1.82) is 0 Å². The van der Waals surface area contributed by atoms with E-state index in [9.17, 15) is 14.0 Å². The van der Waals surface area contributed by atoms with Gasteiger partial charge in [0, 0.05) is 11.8 Å². The summed E-state index contributed by atoms with van der Waals surface area (Å²) in [5.74, 6) is -3.23. The predicted octanol–water partition coefficient (Wildman–Crippen LogP) is 1.17. The second kappa shape index (κ2) is 5.85. The SMILES string of the molecule is COc1ccc(NC(CC(=O)O)C(=O)O)cc1F. The van der Waals surface area contributed by atoms with Gasteiger partial charge in [0.15, 0.2) is 11.6 Å². The van der Waals surface area contributed by atoms with E-state index in [0.717, 1.165) is 6.07 Å². The van der Waals surface area contributed by atoms with Crippen LogP contribution >= 0.6 is 0 Å². The molecule has 0 spiro atoms. The summed E-state index contributed by atoms with van der Waals surface area (Å²) in [4.78, 5) is 21.3. The van der Waals surface area contributed by atoms with Crippen molar-refractivity contribution in [2.75, 3.05) is 12.4 Å². The molecule has 0 fully saturated rings. The topological polar surface area (TPSA) is 95.9 Å². The van der Waals surface area contributed by atoms with E-state index in [1.54, 1.807) is 0 Å². The van der Waals surface area contributed by atoms with Gasteiger partial charge in [0.25, 0.3) is 0 Å². The van der Waals surface area contributed by atoms with Crippen molar-refractivity contribution in [2.24, 2.45) is 0 Å². The third-order valence-corrected chi connectivity index (χ3v) is 2.17. The summed E-state index contributed by atoms with van der Waals surface area (Å²) in [6.07, 6.45) is -0.608. The van der Waals surface area contributed by atoms with Crippen molar-refractivity contribution in [2.45, 2.75) is 12.5 Å². The van der Waals surface area contributed by atoms with Gasteiger partial charge in [0.1, 0.15) is 6.04 Å². The summed E-state index contributed by atoms with van der Waals surface area (Å²) in [7, 11) is 1.30. The summed E-state index contributed by atoms with van der Waals surface area (Å²) in [6.45, 7) is 0.